The van der Waals surface area contributed by atoms with E-state index in [-0.39, 0.29) is 5.91 Å². The molecule has 7 nitrogen and oxygen atoms in total. The van der Waals surface area contributed by atoms with Crippen LogP contribution in [0.4, 0.5) is 10.8 Å². The Labute approximate surface area is 196 Å². The quantitative estimate of drug-likeness (QED) is 0.439. The molecule has 0 radical (unpaired) electrons. The lowest BCUT2D eigenvalue weighted by atomic mass is 9.84. The van der Waals surface area contributed by atoms with Crippen LogP contribution in [0.25, 0.3) is 10.2 Å². The third kappa shape index (κ3) is 8.56. The number of nitrogens with one attached hydrogen (secondary N) is 1. The van der Waals surface area contributed by atoms with E-state index in [1.54, 1.807) is 25.6 Å². The van der Waals surface area contributed by atoms with Gasteiger partial charge >= 0.3 is 0 Å². The molecule has 1 amide bonds. The molecule has 1 aromatic heterocycles. The fourth-order valence-electron chi connectivity index (χ4n) is 3.71. The predicted octanol–water partition coefficient (Wildman–Crippen LogP) is 5.20. The maximum atomic E-state index is 11.8. The van der Waals surface area contributed by atoms with Crippen molar-refractivity contribution < 1.29 is 19.0 Å². The maximum Gasteiger partial charge on any atom is 0.221 e. The van der Waals surface area contributed by atoms with Crippen molar-refractivity contribution in [3.8, 4) is 5.75 Å². The molecule has 32 heavy (non-hydrogen) atoms. The lowest BCUT2D eigenvalue weighted by molar-refractivity contribution is -0.114. The molecule has 0 aliphatic rings. The predicted molar refractivity (Wildman–Crippen MR) is 133 cm³/mol. The lowest BCUT2D eigenvalue weighted by Crippen LogP contribution is -2.30. The van der Waals surface area contributed by atoms with Crippen molar-refractivity contribution in [2.75, 3.05) is 57.3 Å². The summed E-state index contributed by atoms with van der Waals surface area (Å²) in [6.07, 6.45) is 2.10. The second-order valence-electron chi connectivity index (χ2n) is 9.47. The van der Waals surface area contributed by atoms with Gasteiger partial charge in [-0.2, -0.15) is 0 Å². The monoisotopic (exact) mass is 465 g/mol. The van der Waals surface area contributed by atoms with Crippen molar-refractivity contribution in [3.05, 3.63) is 12.1 Å². The number of benzene rings is 1. The number of aromatic nitrogens is 1. The largest absolute Gasteiger partial charge is 0.491 e. The normalized spacial score (nSPS) is 12.7. The van der Waals surface area contributed by atoms with Crippen molar-refractivity contribution in [2.45, 2.75) is 47.5 Å². The molecule has 1 aromatic carbocycles. The summed E-state index contributed by atoms with van der Waals surface area (Å²) in [5.41, 5.74) is 1.84. The summed E-state index contributed by atoms with van der Waals surface area (Å²) in [6, 6.07) is 3.89. The van der Waals surface area contributed by atoms with E-state index in [9.17, 15) is 4.79 Å². The molecule has 1 heterocycles. The minimum Gasteiger partial charge on any atom is -0.491 e. The van der Waals surface area contributed by atoms with Gasteiger partial charge in [0.05, 0.1) is 35.7 Å². The number of rotatable bonds is 13. The topological polar surface area (TPSA) is 72.9 Å². The molecule has 0 spiro atoms. The summed E-state index contributed by atoms with van der Waals surface area (Å²) in [6.45, 7) is 13.8. The second-order valence-corrected chi connectivity index (χ2v) is 10.5. The average Bonchev–Trinajstić information content (AvgIpc) is 3.09. The van der Waals surface area contributed by atoms with Crippen molar-refractivity contribution in [1.82, 2.24) is 4.98 Å². The average molecular weight is 466 g/mol. The van der Waals surface area contributed by atoms with E-state index in [1.165, 1.54) is 6.92 Å². The fourth-order valence-corrected chi connectivity index (χ4v) is 4.75. The fraction of sp³-hybridized carbons (Fsp3) is 0.667. The van der Waals surface area contributed by atoms with Crippen molar-refractivity contribution in [1.29, 1.82) is 0 Å². The first kappa shape index (κ1) is 26.4. The van der Waals surface area contributed by atoms with E-state index in [4.69, 9.17) is 19.2 Å². The molecule has 0 saturated carbocycles. The number of fused-ring (bicyclic) bond motifs is 1. The molecule has 2 aromatic rings. The van der Waals surface area contributed by atoms with Gasteiger partial charge in [0, 0.05) is 40.3 Å². The van der Waals surface area contributed by atoms with Crippen LogP contribution in [0.15, 0.2) is 12.1 Å². The molecule has 1 unspecified atom stereocenters. The van der Waals surface area contributed by atoms with Gasteiger partial charge < -0.3 is 24.4 Å². The molecule has 2 rings (SSSR count). The Morgan fingerprint density at radius 2 is 1.81 bits per heavy atom. The molecular weight excluding hydrogens is 426 g/mol. The van der Waals surface area contributed by atoms with Gasteiger partial charge in [-0.25, -0.2) is 4.98 Å². The van der Waals surface area contributed by atoms with Gasteiger partial charge in [0.2, 0.25) is 5.91 Å². The Kier molecular flexibility index (Phi) is 10.2. The first-order valence-electron chi connectivity index (χ1n) is 11.2. The molecule has 0 aliphatic heterocycles. The molecular formula is C24H39N3O4S. The minimum absolute atomic E-state index is 0.123. The third-order valence-electron chi connectivity index (χ3n) is 5.02. The van der Waals surface area contributed by atoms with E-state index in [0.717, 1.165) is 41.3 Å². The molecule has 180 valence electrons. The SMILES string of the molecule is COCCN(CCOC)c1nc2cc(OCCC(C)CC(C)(C)C)c(NC(C)=O)cc2s1. The molecule has 0 bridgehead atoms. The number of carbonyl (C=O) groups is 1. The Hall–Kier alpha value is -1.90. The number of carbonyl (C=O) groups excluding carboxylic acids is 1. The second kappa shape index (κ2) is 12.4. The summed E-state index contributed by atoms with van der Waals surface area (Å²) >= 11 is 1.59. The smallest absolute Gasteiger partial charge is 0.221 e. The summed E-state index contributed by atoms with van der Waals surface area (Å²) in [4.78, 5) is 18.8. The van der Waals surface area contributed by atoms with Gasteiger partial charge in [-0.15, -0.1) is 0 Å². The third-order valence-corrected chi connectivity index (χ3v) is 6.10. The number of nitrogens with zero attached hydrogens (tertiary/aromatic N) is 2. The zero-order valence-corrected chi connectivity index (χ0v) is 21.4. The highest BCUT2D eigenvalue weighted by Crippen LogP contribution is 2.36. The van der Waals surface area contributed by atoms with E-state index in [2.05, 4.69) is 37.9 Å². The summed E-state index contributed by atoms with van der Waals surface area (Å²) in [5.74, 6) is 1.10. The molecule has 8 heteroatoms. The number of methoxy groups -OCH3 is 2. The number of anilines is 2. The van der Waals surface area contributed by atoms with Gasteiger partial charge in [0.1, 0.15) is 5.75 Å². The van der Waals surface area contributed by atoms with Crippen LogP contribution in [0.5, 0.6) is 5.75 Å². The van der Waals surface area contributed by atoms with Crippen LogP contribution in [0.3, 0.4) is 0 Å². The molecule has 0 aliphatic carbocycles. The summed E-state index contributed by atoms with van der Waals surface area (Å²) < 4.78 is 17.6. The highest BCUT2D eigenvalue weighted by molar-refractivity contribution is 7.22. The van der Waals surface area contributed by atoms with Crippen LogP contribution < -0.4 is 15.0 Å². The lowest BCUT2D eigenvalue weighted by Gasteiger charge is -2.23. The first-order valence-corrected chi connectivity index (χ1v) is 12.0. The molecule has 0 fully saturated rings. The van der Waals surface area contributed by atoms with E-state index >= 15 is 0 Å². The first-order chi connectivity index (χ1) is 15.1. The van der Waals surface area contributed by atoms with Crippen LogP contribution in [0, 0.1) is 11.3 Å². The number of hydrogen-bond acceptors (Lipinski definition) is 7. The van der Waals surface area contributed by atoms with Crippen molar-refractivity contribution in [2.24, 2.45) is 11.3 Å². The Balaban J connectivity index is 2.22. The number of amides is 1. The van der Waals surface area contributed by atoms with E-state index in [1.807, 2.05) is 12.1 Å². The highest BCUT2D eigenvalue weighted by Gasteiger charge is 2.18. The maximum absolute atomic E-state index is 11.8. The summed E-state index contributed by atoms with van der Waals surface area (Å²) in [5, 5.41) is 3.81. The molecule has 1 atom stereocenters. The van der Waals surface area contributed by atoms with Crippen molar-refractivity contribution in [3.63, 3.8) is 0 Å². The van der Waals surface area contributed by atoms with Crippen molar-refractivity contribution >= 4 is 38.3 Å². The Morgan fingerprint density at radius 1 is 1.16 bits per heavy atom. The van der Waals surface area contributed by atoms with E-state index in [0.29, 0.717) is 42.6 Å². The van der Waals surface area contributed by atoms with Gasteiger partial charge in [0.25, 0.3) is 0 Å². The Morgan fingerprint density at radius 3 is 2.38 bits per heavy atom. The molecule has 1 N–H and O–H groups in total. The highest BCUT2D eigenvalue weighted by atomic mass is 32.1. The standard InChI is InChI=1S/C24H39N3O4S/c1-17(16-24(3,4)5)8-11-31-21-14-20-22(15-19(21)25-18(2)28)32-23(26-20)27(9-12-29-6)10-13-30-7/h14-15,17H,8-13,16H2,1-7H3,(H,25,28). The van der Waals surface area contributed by atoms with Crippen LogP contribution in [0.2, 0.25) is 0 Å². The van der Waals surface area contributed by atoms with Crippen LogP contribution in [-0.2, 0) is 14.3 Å². The zero-order valence-electron chi connectivity index (χ0n) is 20.6. The van der Waals surface area contributed by atoms with Crippen LogP contribution in [0.1, 0.15) is 47.5 Å². The minimum atomic E-state index is -0.123. The van der Waals surface area contributed by atoms with Gasteiger partial charge in [-0.1, -0.05) is 39.0 Å². The van der Waals surface area contributed by atoms with Crippen LogP contribution >= 0.6 is 11.3 Å². The van der Waals surface area contributed by atoms with Gasteiger partial charge in [-0.3, -0.25) is 4.79 Å². The van der Waals surface area contributed by atoms with E-state index < -0.39 is 0 Å². The zero-order chi connectivity index (χ0) is 23.7. The van der Waals surface area contributed by atoms with Crippen LogP contribution in [-0.4, -0.2) is 58.0 Å². The summed E-state index contributed by atoms with van der Waals surface area (Å²) in [7, 11) is 3.39. The number of thiazole rings is 1. The molecule has 0 saturated heterocycles. The Bertz CT molecular complexity index is 855. The van der Waals surface area contributed by atoms with Gasteiger partial charge in [-0.05, 0) is 30.2 Å². The number of hydrogen-bond donors (Lipinski definition) is 1. The van der Waals surface area contributed by atoms with Gasteiger partial charge in [0.15, 0.2) is 5.13 Å². The number of ether oxygens (including phenoxy) is 3.